The van der Waals surface area contributed by atoms with Gasteiger partial charge in [-0.3, -0.25) is 0 Å². The summed E-state index contributed by atoms with van der Waals surface area (Å²) in [7, 11) is 0. The van der Waals surface area contributed by atoms with E-state index >= 15 is 0 Å². The first kappa shape index (κ1) is 47.7. The predicted octanol–water partition coefficient (Wildman–Crippen LogP) is 21.1. The number of nitrogens with zero attached hydrogens (tertiary/aromatic N) is 4. The molecule has 14 aromatic rings. The van der Waals surface area contributed by atoms with Crippen molar-refractivity contribution in [3.05, 3.63) is 315 Å². The van der Waals surface area contributed by atoms with E-state index in [-0.39, 0.29) is 0 Å². The first-order valence-corrected chi connectivity index (χ1v) is 27.2. The van der Waals surface area contributed by atoms with Crippen molar-refractivity contribution in [3.8, 4) is 44.8 Å². The van der Waals surface area contributed by atoms with Crippen LogP contribution in [0, 0.1) is 0 Å². The van der Waals surface area contributed by atoms with Gasteiger partial charge < -0.3 is 18.9 Å². The van der Waals surface area contributed by atoms with E-state index in [9.17, 15) is 0 Å². The van der Waals surface area contributed by atoms with E-state index in [4.69, 9.17) is 0 Å². The van der Waals surface area contributed by atoms with Gasteiger partial charge in [-0.05, 0) is 166 Å². The van der Waals surface area contributed by atoms with Crippen LogP contribution in [0.4, 0.5) is 34.1 Å². The van der Waals surface area contributed by atoms with Crippen LogP contribution in [0.25, 0.3) is 101 Å². The first-order valence-electron chi connectivity index (χ1n) is 27.2. The number of rotatable bonds is 13. The molecule has 0 saturated heterocycles. The molecule has 0 unspecified atom stereocenters. The van der Waals surface area contributed by atoms with Crippen LogP contribution < -0.4 is 9.80 Å². The standard InChI is InChI=1S/C76H54N4/c1-3-53-23-35-65(36-24-53)79-73-21-13-11-19-69(73)71-51-67(47-49-75(71)79)77(61-39-27-57(28-40-61)55-15-7-5-8-16-55)63-43-31-59(32-44-63)60-33-45-64(46-34-60)78(62-41-29-58(30-42-62)56-17-9-6-10-18-56)68-48-50-76-72(52-68)70-20-12-14-22-74(70)80(76)66-37-25-54(4-2)26-38-66/h3-52H,1-2H2. The molecule has 12 aromatic carbocycles. The van der Waals surface area contributed by atoms with Gasteiger partial charge in [-0.2, -0.15) is 0 Å². The van der Waals surface area contributed by atoms with Crippen molar-refractivity contribution in [3.63, 3.8) is 0 Å². The van der Waals surface area contributed by atoms with Crippen LogP contribution in [-0.2, 0) is 0 Å². The van der Waals surface area contributed by atoms with Crippen molar-refractivity contribution in [1.82, 2.24) is 9.13 Å². The maximum atomic E-state index is 3.98. The van der Waals surface area contributed by atoms with Crippen LogP contribution in [0.15, 0.2) is 304 Å². The lowest BCUT2D eigenvalue weighted by Crippen LogP contribution is -2.10. The second-order valence-corrected chi connectivity index (χ2v) is 20.3. The van der Waals surface area contributed by atoms with Gasteiger partial charge in [0.05, 0.1) is 22.1 Å². The Kier molecular flexibility index (Phi) is 12.2. The van der Waals surface area contributed by atoms with Crippen LogP contribution >= 0.6 is 0 Å². The molecular formula is C76H54N4. The Labute approximate surface area is 466 Å². The van der Waals surface area contributed by atoms with Crippen molar-refractivity contribution in [2.45, 2.75) is 0 Å². The summed E-state index contributed by atoms with van der Waals surface area (Å²) >= 11 is 0. The van der Waals surface area contributed by atoms with E-state index < -0.39 is 0 Å². The average Bonchev–Trinajstić information content (AvgIpc) is 4.13. The van der Waals surface area contributed by atoms with Crippen molar-refractivity contribution >= 4 is 89.9 Å². The Morgan fingerprint density at radius 3 is 0.838 bits per heavy atom. The highest BCUT2D eigenvalue weighted by Crippen LogP contribution is 2.44. The summed E-state index contributed by atoms with van der Waals surface area (Å²) in [6.45, 7) is 7.97. The molecule has 0 amide bonds. The third-order valence-electron chi connectivity index (χ3n) is 15.7. The SMILES string of the molecule is C=Cc1ccc(-n2c3ccccc3c3cc(N(c4ccc(-c5ccccc5)cc4)c4ccc(-c5ccc(N(c6ccc(-c7ccccc7)cc6)c6ccc7c(c6)c6ccccc6n7-c6ccc(C=C)cc6)cc5)cc4)ccc32)cc1. The van der Waals surface area contributed by atoms with Gasteiger partial charge in [0.25, 0.3) is 0 Å². The molecule has 0 atom stereocenters. The Bertz CT molecular complexity index is 4260. The summed E-state index contributed by atoms with van der Waals surface area (Å²) in [5, 5.41) is 4.79. The highest BCUT2D eigenvalue weighted by molar-refractivity contribution is 6.12. The summed E-state index contributed by atoms with van der Waals surface area (Å²) in [4.78, 5) is 4.75. The number of aromatic nitrogens is 2. The molecule has 0 fully saturated rings. The first-order chi connectivity index (χ1) is 39.6. The zero-order valence-corrected chi connectivity index (χ0v) is 44.1. The third-order valence-corrected chi connectivity index (χ3v) is 15.7. The van der Waals surface area contributed by atoms with E-state index in [1.807, 2.05) is 12.2 Å². The number of hydrogen-bond acceptors (Lipinski definition) is 2. The fraction of sp³-hybridized carbons (Fsp3) is 0. The second-order valence-electron chi connectivity index (χ2n) is 20.3. The Morgan fingerprint density at radius 2 is 0.512 bits per heavy atom. The van der Waals surface area contributed by atoms with Crippen molar-refractivity contribution in [2.75, 3.05) is 9.80 Å². The van der Waals surface area contributed by atoms with Gasteiger partial charge >= 0.3 is 0 Å². The lowest BCUT2D eigenvalue weighted by Gasteiger charge is -2.27. The van der Waals surface area contributed by atoms with Crippen LogP contribution in [0.2, 0.25) is 0 Å². The quantitative estimate of drug-likeness (QED) is 0.114. The van der Waals surface area contributed by atoms with Crippen molar-refractivity contribution in [1.29, 1.82) is 0 Å². The van der Waals surface area contributed by atoms with Crippen LogP contribution in [0.1, 0.15) is 11.1 Å². The summed E-state index contributed by atoms with van der Waals surface area (Å²) in [5.74, 6) is 0. The van der Waals surface area contributed by atoms with E-state index in [1.54, 1.807) is 0 Å². The summed E-state index contributed by atoms with van der Waals surface area (Å²) in [6, 6.07) is 105. The van der Waals surface area contributed by atoms with Gasteiger partial charge in [-0.15, -0.1) is 0 Å². The molecule has 4 nitrogen and oxygen atoms in total. The summed E-state index contributed by atoms with van der Waals surface area (Å²) in [6.07, 6.45) is 3.78. The number of anilines is 6. The molecule has 0 radical (unpaired) electrons. The molecule has 2 aromatic heterocycles. The molecule has 0 bridgehead atoms. The Morgan fingerprint density at radius 1 is 0.237 bits per heavy atom. The van der Waals surface area contributed by atoms with Gasteiger partial charge in [0.15, 0.2) is 0 Å². The van der Waals surface area contributed by atoms with E-state index in [0.29, 0.717) is 0 Å². The van der Waals surface area contributed by atoms with Gasteiger partial charge in [0, 0.05) is 67.0 Å². The van der Waals surface area contributed by atoms with Crippen molar-refractivity contribution < 1.29 is 0 Å². The van der Waals surface area contributed by atoms with Gasteiger partial charge in [-0.1, -0.05) is 195 Å². The van der Waals surface area contributed by atoms with Gasteiger partial charge in [0.2, 0.25) is 0 Å². The molecule has 80 heavy (non-hydrogen) atoms. The molecule has 0 N–H and O–H groups in total. The van der Waals surface area contributed by atoms with Crippen LogP contribution in [-0.4, -0.2) is 9.13 Å². The molecule has 0 saturated carbocycles. The zero-order chi connectivity index (χ0) is 53.5. The predicted molar refractivity (Wildman–Crippen MR) is 341 cm³/mol. The fourth-order valence-electron chi connectivity index (χ4n) is 11.6. The largest absolute Gasteiger partial charge is 0.310 e. The smallest absolute Gasteiger partial charge is 0.0542 e. The molecule has 0 spiro atoms. The monoisotopic (exact) mass is 1020 g/mol. The van der Waals surface area contributed by atoms with Gasteiger partial charge in [-0.25, -0.2) is 0 Å². The summed E-state index contributed by atoms with van der Waals surface area (Å²) < 4.78 is 4.73. The normalized spacial score (nSPS) is 11.3. The third kappa shape index (κ3) is 8.62. The van der Waals surface area contributed by atoms with Crippen molar-refractivity contribution in [2.24, 2.45) is 0 Å². The average molecular weight is 1020 g/mol. The number of hydrogen-bond donors (Lipinski definition) is 0. The number of para-hydroxylation sites is 2. The summed E-state index contributed by atoms with van der Waals surface area (Å²) in [5.41, 5.74) is 22.5. The van der Waals surface area contributed by atoms with E-state index in [2.05, 4.69) is 323 Å². The number of fused-ring (bicyclic) bond motifs is 6. The highest BCUT2D eigenvalue weighted by Gasteiger charge is 2.21. The molecule has 0 aliphatic carbocycles. The minimum absolute atomic E-state index is 1.07. The maximum Gasteiger partial charge on any atom is 0.0542 e. The Hall–Kier alpha value is -10.7. The minimum Gasteiger partial charge on any atom is -0.310 e. The molecule has 0 aliphatic rings. The molecular weight excluding hydrogens is 969 g/mol. The number of benzene rings is 12. The fourth-order valence-corrected chi connectivity index (χ4v) is 11.6. The van der Waals surface area contributed by atoms with Crippen LogP contribution in [0.3, 0.4) is 0 Å². The van der Waals surface area contributed by atoms with Gasteiger partial charge in [0.1, 0.15) is 0 Å². The van der Waals surface area contributed by atoms with Crippen LogP contribution in [0.5, 0.6) is 0 Å². The van der Waals surface area contributed by atoms with E-state index in [1.165, 1.54) is 54.8 Å². The molecule has 14 rings (SSSR count). The van der Waals surface area contributed by atoms with E-state index in [0.717, 1.165) is 78.8 Å². The lowest BCUT2D eigenvalue weighted by molar-refractivity contribution is 1.18. The molecule has 378 valence electrons. The molecule has 4 heteroatoms. The molecule has 0 aliphatic heterocycles. The Balaban J connectivity index is 0.839. The molecule has 2 heterocycles. The zero-order valence-electron chi connectivity index (χ0n) is 44.1. The second kappa shape index (κ2) is 20.4. The minimum atomic E-state index is 1.07. The topological polar surface area (TPSA) is 16.3 Å². The maximum absolute atomic E-state index is 3.98. The highest BCUT2D eigenvalue weighted by atomic mass is 15.1. The lowest BCUT2D eigenvalue weighted by atomic mass is 10.0.